The summed E-state index contributed by atoms with van der Waals surface area (Å²) in [7, 11) is 0.351. The minimum absolute atomic E-state index is 0.105. The molecule has 8 nitrogen and oxygen atoms in total. The van der Waals surface area contributed by atoms with Crippen LogP contribution in [0.1, 0.15) is 39.4 Å². The molecule has 0 bridgehead atoms. The lowest BCUT2D eigenvalue weighted by Crippen LogP contribution is -2.25. The normalized spacial score (nSPS) is 15.8. The number of aliphatic hydroxyl groups is 1. The van der Waals surface area contributed by atoms with Crippen molar-refractivity contribution in [1.82, 2.24) is 9.55 Å². The zero-order valence-corrected chi connectivity index (χ0v) is 21.6. The van der Waals surface area contributed by atoms with Crippen molar-refractivity contribution in [2.45, 2.75) is 50.5 Å². The Morgan fingerprint density at radius 2 is 1.89 bits per heavy atom. The van der Waals surface area contributed by atoms with E-state index in [1.54, 1.807) is 35.6 Å². The number of nitrogens with one attached hydrogen (secondary N) is 1. The molecule has 1 amide bonds. The molecule has 1 aliphatic rings. The predicted molar refractivity (Wildman–Crippen MR) is 139 cm³/mol. The Morgan fingerprint density at radius 3 is 2.51 bits per heavy atom. The molecular weight excluding hydrogens is 464 g/mol. The van der Waals surface area contributed by atoms with Crippen LogP contribution in [0.3, 0.4) is 0 Å². The first-order valence-corrected chi connectivity index (χ1v) is 13.0. The summed E-state index contributed by atoms with van der Waals surface area (Å²) >= 11 is 0. The van der Waals surface area contributed by atoms with Crippen LogP contribution in [0.25, 0.3) is 11.0 Å². The van der Waals surface area contributed by atoms with Crippen LogP contribution in [0.5, 0.6) is 0 Å². The summed E-state index contributed by atoms with van der Waals surface area (Å²) in [6.45, 7) is 8.53. The van der Waals surface area contributed by atoms with Gasteiger partial charge in [-0.25, -0.2) is 9.19 Å². The van der Waals surface area contributed by atoms with E-state index >= 15 is 0 Å². The summed E-state index contributed by atoms with van der Waals surface area (Å²) in [5.41, 5.74) is 3.23. The highest BCUT2D eigenvalue weighted by atomic mass is 32.2. The van der Waals surface area contributed by atoms with Crippen LogP contribution in [-0.4, -0.2) is 51.6 Å². The van der Waals surface area contributed by atoms with Gasteiger partial charge in [-0.15, -0.1) is 0 Å². The number of nitrogens with zero attached hydrogens (tertiary/aromatic N) is 3. The van der Waals surface area contributed by atoms with Gasteiger partial charge in [0.05, 0.1) is 21.6 Å². The van der Waals surface area contributed by atoms with Crippen molar-refractivity contribution in [2.75, 3.05) is 36.5 Å². The number of ether oxygens (including phenoxy) is 1. The van der Waals surface area contributed by atoms with Crippen molar-refractivity contribution in [2.24, 2.45) is 5.92 Å². The lowest BCUT2D eigenvalue weighted by molar-refractivity contribution is -0.118. The van der Waals surface area contributed by atoms with Crippen LogP contribution < -0.4 is 9.62 Å². The molecule has 188 valence electrons. The third-order valence-corrected chi connectivity index (χ3v) is 7.66. The zero-order valence-electron chi connectivity index (χ0n) is 20.8. The summed E-state index contributed by atoms with van der Waals surface area (Å²) in [5, 5.41) is 11.4. The third kappa shape index (κ3) is 5.74. The molecule has 0 saturated carbocycles. The van der Waals surface area contributed by atoms with Crippen LogP contribution in [0.15, 0.2) is 47.4 Å². The number of fused-ring (bicyclic) bond motifs is 1. The van der Waals surface area contributed by atoms with Crippen molar-refractivity contribution in [1.29, 1.82) is 0 Å². The Kier molecular flexibility index (Phi) is 7.59. The minimum Gasteiger partial charge on any atom is -0.387 e. The van der Waals surface area contributed by atoms with Gasteiger partial charge < -0.3 is 19.7 Å². The number of carbonyl (C=O) groups excluding carboxylic acids is 1. The molecule has 1 fully saturated rings. The summed E-state index contributed by atoms with van der Waals surface area (Å²) < 4.78 is 22.9. The fraction of sp³-hybridized carbons (Fsp3) is 0.462. The summed E-state index contributed by atoms with van der Waals surface area (Å²) in [4.78, 5) is 17.0. The second-order valence-electron chi connectivity index (χ2n) is 10.0. The number of anilines is 2. The minimum atomic E-state index is -1.44. The molecule has 1 unspecified atom stereocenters. The van der Waals surface area contributed by atoms with E-state index in [2.05, 4.69) is 36.7 Å². The number of imidazole rings is 1. The van der Waals surface area contributed by atoms with E-state index in [1.807, 2.05) is 12.1 Å². The maximum Gasteiger partial charge on any atom is 0.250 e. The maximum atomic E-state index is 13.2. The van der Waals surface area contributed by atoms with Gasteiger partial charge in [0.25, 0.3) is 0 Å². The van der Waals surface area contributed by atoms with Crippen molar-refractivity contribution in [3.8, 4) is 0 Å². The molecule has 0 aliphatic carbocycles. The molecule has 2 heterocycles. The monoisotopic (exact) mass is 498 g/mol. The molecule has 0 spiro atoms. The van der Waals surface area contributed by atoms with Gasteiger partial charge in [-0.05, 0) is 61.2 Å². The van der Waals surface area contributed by atoms with E-state index in [0.717, 1.165) is 55.1 Å². The first-order valence-electron chi connectivity index (χ1n) is 11.9. The average Bonchev–Trinajstić information content (AvgIpc) is 3.22. The Morgan fingerprint density at radius 1 is 1.20 bits per heavy atom. The predicted octanol–water partition coefficient (Wildman–Crippen LogP) is 3.85. The molecule has 1 aromatic heterocycles. The Bertz CT molecular complexity index is 1210. The largest absolute Gasteiger partial charge is 0.387 e. The van der Waals surface area contributed by atoms with Gasteiger partial charge in [-0.2, -0.15) is 0 Å². The summed E-state index contributed by atoms with van der Waals surface area (Å²) in [5.74, 6) is 1.14. The van der Waals surface area contributed by atoms with E-state index in [9.17, 15) is 9.00 Å². The van der Waals surface area contributed by atoms with Crippen molar-refractivity contribution in [3.05, 3.63) is 48.3 Å². The first kappa shape index (κ1) is 25.3. The number of benzene rings is 2. The molecule has 4 rings (SSSR count). The SMILES string of the molecule is CN(c1ccc2c(c1)nc(C(C)(C)C)n2CC1CCOCC1)S(=O)c1ccc(NC(=O)CO)cc1. The molecule has 35 heavy (non-hydrogen) atoms. The van der Waals surface area contributed by atoms with Gasteiger partial charge in [-0.1, -0.05) is 20.8 Å². The molecule has 1 atom stereocenters. The second kappa shape index (κ2) is 10.5. The molecular formula is C26H34N4O4S. The Hall–Kier alpha value is -2.75. The summed E-state index contributed by atoms with van der Waals surface area (Å²) in [6, 6.07) is 12.8. The van der Waals surface area contributed by atoms with E-state index in [4.69, 9.17) is 14.8 Å². The molecule has 9 heteroatoms. The third-order valence-electron chi connectivity index (χ3n) is 6.28. The van der Waals surface area contributed by atoms with Gasteiger partial charge in [0, 0.05) is 37.9 Å². The Balaban J connectivity index is 1.59. The van der Waals surface area contributed by atoms with E-state index < -0.39 is 23.5 Å². The number of rotatable bonds is 7. The summed E-state index contributed by atoms with van der Waals surface area (Å²) in [6.07, 6.45) is 2.12. The second-order valence-corrected chi connectivity index (χ2v) is 11.5. The number of carbonyl (C=O) groups is 1. The highest BCUT2D eigenvalue weighted by molar-refractivity contribution is 7.86. The highest BCUT2D eigenvalue weighted by Crippen LogP contribution is 2.31. The number of aliphatic hydroxyl groups excluding tert-OH is 1. The fourth-order valence-corrected chi connectivity index (χ4v) is 5.36. The first-order chi connectivity index (χ1) is 16.7. The smallest absolute Gasteiger partial charge is 0.250 e. The number of hydrogen-bond acceptors (Lipinski definition) is 5. The topological polar surface area (TPSA) is 96.7 Å². The van der Waals surface area contributed by atoms with Crippen LogP contribution in [-0.2, 0) is 32.5 Å². The van der Waals surface area contributed by atoms with Crippen molar-refractivity contribution in [3.63, 3.8) is 0 Å². The van der Waals surface area contributed by atoms with Crippen LogP contribution in [0.4, 0.5) is 11.4 Å². The number of amides is 1. The molecule has 2 N–H and O–H groups in total. The molecule has 3 aromatic rings. The maximum absolute atomic E-state index is 13.2. The van der Waals surface area contributed by atoms with Gasteiger partial charge in [-0.3, -0.25) is 9.10 Å². The molecule has 0 radical (unpaired) electrons. The lowest BCUT2D eigenvalue weighted by Gasteiger charge is -2.26. The number of aromatic nitrogens is 2. The van der Waals surface area contributed by atoms with Gasteiger partial charge >= 0.3 is 0 Å². The standard InChI is InChI=1S/C26H34N4O4S/c1-26(2,3)25-28-22-15-20(7-10-23(22)30(25)16-18-11-13-34-14-12-18)29(4)35(33)21-8-5-19(6-9-21)27-24(32)17-31/h5-10,15,18,31H,11-14,16-17H2,1-4H3,(H,27,32). The van der Waals surface area contributed by atoms with Crippen LogP contribution in [0.2, 0.25) is 0 Å². The molecule has 2 aromatic carbocycles. The Labute approximate surface area is 208 Å². The highest BCUT2D eigenvalue weighted by Gasteiger charge is 2.26. The van der Waals surface area contributed by atoms with E-state index in [1.165, 1.54) is 0 Å². The number of hydrogen-bond donors (Lipinski definition) is 2. The average molecular weight is 499 g/mol. The molecule has 1 aliphatic heterocycles. The van der Waals surface area contributed by atoms with Gasteiger partial charge in [0.15, 0.2) is 11.0 Å². The van der Waals surface area contributed by atoms with Gasteiger partial charge in [0.2, 0.25) is 5.91 Å². The van der Waals surface area contributed by atoms with Gasteiger partial charge in [0.1, 0.15) is 12.4 Å². The van der Waals surface area contributed by atoms with Crippen LogP contribution >= 0.6 is 0 Å². The van der Waals surface area contributed by atoms with E-state index in [0.29, 0.717) is 16.5 Å². The van der Waals surface area contributed by atoms with Crippen molar-refractivity contribution < 1.29 is 18.8 Å². The fourth-order valence-electron chi connectivity index (χ4n) is 4.37. The quantitative estimate of drug-likeness (QED) is 0.516. The molecule has 1 saturated heterocycles. The van der Waals surface area contributed by atoms with Crippen LogP contribution in [0, 0.1) is 5.92 Å². The zero-order chi connectivity index (χ0) is 25.2. The van der Waals surface area contributed by atoms with E-state index in [-0.39, 0.29) is 5.41 Å². The lowest BCUT2D eigenvalue weighted by atomic mass is 9.94. The van der Waals surface area contributed by atoms with Crippen molar-refractivity contribution >= 4 is 39.3 Å².